The number of para-hydroxylation sites is 1. The molecule has 1 aliphatic rings. The molecule has 4 aromatic rings. The Bertz CT molecular complexity index is 1560. The van der Waals surface area contributed by atoms with Crippen molar-refractivity contribution in [2.24, 2.45) is 0 Å². The molecule has 10 heteroatoms. The number of hydrogen-bond donors (Lipinski definition) is 5. The number of nitrogens with zero attached hydrogens (tertiary/aromatic N) is 1. The highest BCUT2D eigenvalue weighted by molar-refractivity contribution is 6.12. The van der Waals surface area contributed by atoms with Crippen LogP contribution < -0.4 is 10.6 Å². The number of aromatic nitrogens is 1. The van der Waals surface area contributed by atoms with Crippen LogP contribution in [0.1, 0.15) is 55.1 Å². The van der Waals surface area contributed by atoms with Gasteiger partial charge in [-0.1, -0.05) is 62.4 Å². The summed E-state index contributed by atoms with van der Waals surface area (Å²) >= 11 is 0. The van der Waals surface area contributed by atoms with Crippen LogP contribution >= 0.6 is 0 Å². The molecule has 0 unspecified atom stereocenters. The minimum absolute atomic E-state index is 0.0939. The van der Waals surface area contributed by atoms with Crippen molar-refractivity contribution in [3.63, 3.8) is 0 Å². The van der Waals surface area contributed by atoms with Gasteiger partial charge in [0.25, 0.3) is 5.91 Å². The minimum atomic E-state index is -1.18. The van der Waals surface area contributed by atoms with Crippen molar-refractivity contribution in [2.45, 2.75) is 57.8 Å². The zero-order valence-electron chi connectivity index (χ0n) is 26.9. The first-order valence-corrected chi connectivity index (χ1v) is 16.0. The number of morpholine rings is 1. The van der Waals surface area contributed by atoms with Crippen LogP contribution in [-0.2, 0) is 16.1 Å². The largest absolute Gasteiger partial charge is 0.481 e. The lowest BCUT2D eigenvalue weighted by Crippen LogP contribution is -2.30. The second kappa shape index (κ2) is 17.5. The molecule has 1 amide bonds. The van der Waals surface area contributed by atoms with Gasteiger partial charge in [-0.3, -0.25) is 9.59 Å². The van der Waals surface area contributed by atoms with Crippen LogP contribution in [0, 0.1) is 5.82 Å². The summed E-state index contributed by atoms with van der Waals surface area (Å²) < 4.78 is 21.0. The maximum absolute atomic E-state index is 14.0. The number of carbonyl (C=O) groups excluding carboxylic acids is 1. The maximum Gasteiger partial charge on any atom is 0.305 e. The smallest absolute Gasteiger partial charge is 0.305 e. The summed E-state index contributed by atoms with van der Waals surface area (Å²) in [5, 5.41) is 35.9. The van der Waals surface area contributed by atoms with Gasteiger partial charge in [-0.15, -0.1) is 0 Å². The third-order valence-electron chi connectivity index (χ3n) is 7.78. The molecule has 47 heavy (non-hydrogen) atoms. The summed E-state index contributed by atoms with van der Waals surface area (Å²) in [7, 11) is 0. The molecule has 2 heterocycles. The van der Waals surface area contributed by atoms with E-state index >= 15 is 0 Å². The van der Waals surface area contributed by atoms with Crippen LogP contribution in [0.4, 0.5) is 10.1 Å². The lowest BCUT2D eigenvalue weighted by Gasteiger charge is -2.20. The molecule has 0 spiro atoms. The summed E-state index contributed by atoms with van der Waals surface area (Å²) in [6, 6.07) is 24.8. The number of aliphatic carboxylic acids is 1. The van der Waals surface area contributed by atoms with Gasteiger partial charge < -0.3 is 35.3 Å². The van der Waals surface area contributed by atoms with E-state index in [1.165, 1.54) is 12.1 Å². The molecule has 1 aliphatic heterocycles. The lowest BCUT2D eigenvalue weighted by molar-refractivity contribution is -0.139. The summed E-state index contributed by atoms with van der Waals surface area (Å²) in [6.45, 7) is 8.09. The second-order valence-electron chi connectivity index (χ2n) is 11.8. The Kier molecular flexibility index (Phi) is 13.2. The molecule has 1 saturated heterocycles. The molecule has 2 atom stereocenters. The van der Waals surface area contributed by atoms with Crippen molar-refractivity contribution >= 4 is 17.6 Å². The van der Waals surface area contributed by atoms with Crippen molar-refractivity contribution < 1.29 is 34.0 Å². The summed E-state index contributed by atoms with van der Waals surface area (Å²) in [5.41, 5.74) is 4.77. The topological polar surface area (TPSA) is 133 Å². The van der Waals surface area contributed by atoms with Gasteiger partial charge in [0.15, 0.2) is 0 Å². The van der Waals surface area contributed by atoms with Crippen LogP contribution in [0.15, 0.2) is 84.9 Å². The fourth-order valence-electron chi connectivity index (χ4n) is 5.72. The van der Waals surface area contributed by atoms with Gasteiger partial charge in [0, 0.05) is 36.6 Å². The lowest BCUT2D eigenvalue weighted by atomic mass is 9.94. The Balaban J connectivity index is 0.000000748. The third-order valence-corrected chi connectivity index (χ3v) is 7.78. The standard InChI is InChI=1S/C33H35FN2O5.C4H9NO/c1-21(2)31-30(33(41)35-25-11-7-4-8-12-25)29(22-9-5-3-6-10-22)32(23-13-15-24(34)16-14-23)36(31)18-17-26(37)19-27(38)20-28(39)40;1-3-6-4-2-5-1/h3-16,21,26-27,37-38H,17-20H2,1-2H3,(H,35,41)(H,39,40);5H,1-4H2/t26-,27-;/m1./s1. The summed E-state index contributed by atoms with van der Waals surface area (Å²) in [5.74, 6) is -1.93. The van der Waals surface area contributed by atoms with Gasteiger partial charge >= 0.3 is 5.97 Å². The van der Waals surface area contributed by atoms with E-state index in [1.54, 1.807) is 12.1 Å². The Morgan fingerprint density at radius 1 is 0.894 bits per heavy atom. The second-order valence-corrected chi connectivity index (χ2v) is 11.8. The Hall–Kier alpha value is -4.35. The Labute approximate surface area is 275 Å². The zero-order chi connectivity index (χ0) is 33.8. The number of aliphatic hydroxyl groups is 2. The molecule has 0 saturated carbocycles. The van der Waals surface area contributed by atoms with Crippen LogP contribution in [0.2, 0.25) is 0 Å². The Morgan fingerprint density at radius 3 is 2.04 bits per heavy atom. The van der Waals surface area contributed by atoms with E-state index in [1.807, 2.05) is 79.1 Å². The summed E-state index contributed by atoms with van der Waals surface area (Å²) in [6.07, 6.45) is -2.51. The molecule has 1 aromatic heterocycles. The third kappa shape index (κ3) is 10.1. The highest BCUT2D eigenvalue weighted by Gasteiger charge is 2.31. The number of carboxylic acids is 1. The van der Waals surface area contributed by atoms with E-state index in [-0.39, 0.29) is 37.0 Å². The molecule has 3 aromatic carbocycles. The predicted molar refractivity (Wildman–Crippen MR) is 181 cm³/mol. The van der Waals surface area contributed by atoms with Crippen molar-refractivity contribution in [1.82, 2.24) is 9.88 Å². The van der Waals surface area contributed by atoms with Crippen molar-refractivity contribution in [1.29, 1.82) is 0 Å². The van der Waals surface area contributed by atoms with E-state index in [0.29, 0.717) is 28.1 Å². The molecule has 1 fully saturated rings. The molecule has 0 bridgehead atoms. The fraction of sp³-hybridized carbons (Fsp3) is 0.351. The number of nitrogens with one attached hydrogen (secondary N) is 2. The van der Waals surface area contributed by atoms with E-state index in [2.05, 4.69) is 10.6 Å². The van der Waals surface area contributed by atoms with Gasteiger partial charge in [0.1, 0.15) is 5.82 Å². The van der Waals surface area contributed by atoms with Crippen molar-refractivity contribution in [3.8, 4) is 22.4 Å². The molecule has 250 valence electrons. The first-order valence-electron chi connectivity index (χ1n) is 16.0. The number of benzene rings is 3. The first kappa shape index (κ1) is 35.5. The number of aliphatic hydroxyl groups excluding tert-OH is 2. The van der Waals surface area contributed by atoms with Crippen molar-refractivity contribution in [2.75, 3.05) is 31.6 Å². The van der Waals surface area contributed by atoms with Gasteiger partial charge in [0.2, 0.25) is 0 Å². The quantitative estimate of drug-likeness (QED) is 0.129. The fourth-order valence-corrected chi connectivity index (χ4v) is 5.72. The zero-order valence-corrected chi connectivity index (χ0v) is 26.9. The van der Waals surface area contributed by atoms with Crippen LogP contribution in [0.25, 0.3) is 22.4 Å². The first-order chi connectivity index (χ1) is 22.7. The number of ether oxygens (including phenoxy) is 1. The summed E-state index contributed by atoms with van der Waals surface area (Å²) in [4.78, 5) is 25.0. The molecule has 0 aliphatic carbocycles. The number of rotatable bonds is 12. The van der Waals surface area contributed by atoms with Crippen LogP contribution in [0.3, 0.4) is 0 Å². The molecule has 0 radical (unpaired) electrons. The highest BCUT2D eigenvalue weighted by Crippen LogP contribution is 2.42. The SMILES string of the molecule is C1COCCN1.CC(C)c1c(C(=O)Nc2ccccc2)c(-c2ccccc2)c(-c2ccc(F)cc2)n1CC[C@@H](O)C[C@@H](O)CC(=O)O. The minimum Gasteiger partial charge on any atom is -0.481 e. The van der Waals surface area contributed by atoms with Gasteiger partial charge in [-0.05, 0) is 66.3 Å². The number of hydrogen-bond acceptors (Lipinski definition) is 6. The maximum atomic E-state index is 14.0. The Morgan fingerprint density at radius 2 is 1.51 bits per heavy atom. The van der Waals surface area contributed by atoms with E-state index in [9.17, 15) is 24.2 Å². The number of amides is 1. The number of anilines is 1. The number of carboxylic acid groups (broad SMARTS) is 1. The molecular weight excluding hydrogens is 601 g/mol. The van der Waals surface area contributed by atoms with Gasteiger partial charge in [-0.25, -0.2) is 4.39 Å². The molecule has 5 N–H and O–H groups in total. The van der Waals surface area contributed by atoms with Crippen LogP contribution in [0.5, 0.6) is 0 Å². The molecule has 9 nitrogen and oxygen atoms in total. The van der Waals surface area contributed by atoms with Gasteiger partial charge in [0.05, 0.1) is 43.1 Å². The highest BCUT2D eigenvalue weighted by atomic mass is 19.1. The van der Waals surface area contributed by atoms with Crippen LogP contribution in [-0.4, -0.2) is 70.3 Å². The predicted octanol–water partition coefficient (Wildman–Crippen LogP) is 5.92. The van der Waals surface area contributed by atoms with E-state index in [4.69, 9.17) is 9.84 Å². The van der Waals surface area contributed by atoms with E-state index in [0.717, 1.165) is 37.6 Å². The normalized spacial score (nSPS) is 14.2. The van der Waals surface area contributed by atoms with E-state index < -0.39 is 24.6 Å². The molecular formula is C37H44FN3O6. The number of carbonyl (C=O) groups is 2. The number of halogens is 1. The average Bonchev–Trinajstić information content (AvgIpc) is 3.41. The average molecular weight is 646 g/mol. The molecule has 5 rings (SSSR count). The monoisotopic (exact) mass is 645 g/mol. The van der Waals surface area contributed by atoms with Crippen molar-refractivity contribution in [3.05, 3.63) is 102 Å². The van der Waals surface area contributed by atoms with Gasteiger partial charge in [-0.2, -0.15) is 0 Å².